The molecule has 2 aromatic rings. The number of esters is 1. The molecule has 2 rings (SSSR count). The van der Waals surface area contributed by atoms with Crippen molar-refractivity contribution in [3.63, 3.8) is 0 Å². The van der Waals surface area contributed by atoms with Crippen molar-refractivity contribution in [3.8, 4) is 0 Å². The SMILES string of the molecule is COC(=O)C=Cc1sc2nc(C)cc(C)c2c1N. The number of aryl methyl sites for hydroxylation is 2. The molecule has 94 valence electrons. The van der Waals surface area contributed by atoms with Crippen LogP contribution in [0, 0.1) is 13.8 Å². The molecule has 5 heteroatoms. The van der Waals surface area contributed by atoms with E-state index in [1.165, 1.54) is 24.5 Å². The molecule has 2 N–H and O–H groups in total. The minimum absolute atomic E-state index is 0.396. The second-order valence-corrected chi connectivity index (χ2v) is 5.03. The van der Waals surface area contributed by atoms with Gasteiger partial charge in [-0.2, -0.15) is 0 Å². The quantitative estimate of drug-likeness (QED) is 0.667. The van der Waals surface area contributed by atoms with E-state index < -0.39 is 5.97 Å². The summed E-state index contributed by atoms with van der Waals surface area (Å²) >= 11 is 1.47. The van der Waals surface area contributed by atoms with E-state index in [1.807, 2.05) is 19.9 Å². The van der Waals surface area contributed by atoms with Gasteiger partial charge < -0.3 is 10.5 Å². The molecule has 4 nitrogen and oxygen atoms in total. The molecule has 0 fully saturated rings. The van der Waals surface area contributed by atoms with Gasteiger partial charge in [-0.15, -0.1) is 11.3 Å². The zero-order valence-electron chi connectivity index (χ0n) is 10.5. The summed E-state index contributed by atoms with van der Waals surface area (Å²) in [5, 5.41) is 0.968. The van der Waals surface area contributed by atoms with E-state index in [9.17, 15) is 4.79 Å². The summed E-state index contributed by atoms with van der Waals surface area (Å²) in [5.41, 5.74) is 8.82. The van der Waals surface area contributed by atoms with Crippen molar-refractivity contribution < 1.29 is 9.53 Å². The van der Waals surface area contributed by atoms with Crippen LogP contribution in [0.3, 0.4) is 0 Å². The van der Waals surface area contributed by atoms with E-state index >= 15 is 0 Å². The molecular weight excluding hydrogens is 248 g/mol. The first kappa shape index (κ1) is 12.6. The van der Waals surface area contributed by atoms with Crippen molar-refractivity contribution in [2.24, 2.45) is 0 Å². The lowest BCUT2D eigenvalue weighted by molar-refractivity contribution is -0.134. The van der Waals surface area contributed by atoms with Crippen molar-refractivity contribution in [1.82, 2.24) is 4.98 Å². The number of nitrogen functional groups attached to an aromatic ring is 1. The third-order valence-electron chi connectivity index (χ3n) is 2.62. The maximum Gasteiger partial charge on any atom is 0.330 e. The normalized spacial score (nSPS) is 11.3. The minimum Gasteiger partial charge on any atom is -0.466 e. The summed E-state index contributed by atoms with van der Waals surface area (Å²) in [6.45, 7) is 3.96. The maximum absolute atomic E-state index is 11.1. The van der Waals surface area contributed by atoms with Crippen LogP contribution in [0.15, 0.2) is 12.1 Å². The lowest BCUT2D eigenvalue weighted by Gasteiger charge is -1.99. The molecule has 0 saturated carbocycles. The van der Waals surface area contributed by atoms with Gasteiger partial charge in [0.15, 0.2) is 0 Å². The van der Waals surface area contributed by atoms with Gasteiger partial charge in [0.2, 0.25) is 0 Å². The molecule has 2 aromatic heterocycles. The topological polar surface area (TPSA) is 65.2 Å². The van der Waals surface area contributed by atoms with Crippen molar-refractivity contribution in [2.75, 3.05) is 12.8 Å². The fourth-order valence-corrected chi connectivity index (χ4v) is 2.94. The fraction of sp³-hybridized carbons (Fsp3) is 0.231. The number of ether oxygens (including phenoxy) is 1. The van der Waals surface area contributed by atoms with E-state index in [2.05, 4.69) is 9.72 Å². The lowest BCUT2D eigenvalue weighted by atomic mass is 10.1. The third-order valence-corrected chi connectivity index (χ3v) is 3.69. The molecule has 0 saturated heterocycles. The Balaban J connectivity index is 2.54. The van der Waals surface area contributed by atoms with Gasteiger partial charge in [0, 0.05) is 17.2 Å². The molecule has 0 amide bonds. The van der Waals surface area contributed by atoms with Gasteiger partial charge in [-0.3, -0.25) is 0 Å². The highest BCUT2D eigenvalue weighted by molar-refractivity contribution is 7.20. The Kier molecular flexibility index (Phi) is 3.34. The number of hydrogen-bond donors (Lipinski definition) is 1. The molecular formula is C13H14N2O2S. The number of methoxy groups -OCH3 is 1. The predicted octanol–water partition coefficient (Wildman–Crippen LogP) is 2.68. The Morgan fingerprint density at radius 3 is 2.89 bits per heavy atom. The first-order valence-corrected chi connectivity index (χ1v) is 6.27. The summed E-state index contributed by atoms with van der Waals surface area (Å²) in [5.74, 6) is -0.396. The smallest absolute Gasteiger partial charge is 0.330 e. The van der Waals surface area contributed by atoms with E-state index in [-0.39, 0.29) is 0 Å². The van der Waals surface area contributed by atoms with Gasteiger partial charge in [-0.25, -0.2) is 9.78 Å². The molecule has 0 atom stereocenters. The number of carbonyl (C=O) groups is 1. The molecule has 0 radical (unpaired) electrons. The average molecular weight is 262 g/mol. The molecule has 2 heterocycles. The van der Waals surface area contributed by atoms with Crippen LogP contribution in [0.1, 0.15) is 16.1 Å². The second kappa shape index (κ2) is 4.78. The molecule has 0 aliphatic rings. The first-order chi connectivity index (χ1) is 8.52. The van der Waals surface area contributed by atoms with Gasteiger partial charge in [0.05, 0.1) is 17.7 Å². The van der Waals surface area contributed by atoms with Crippen molar-refractivity contribution in [2.45, 2.75) is 13.8 Å². The minimum atomic E-state index is -0.396. The molecule has 0 spiro atoms. The zero-order chi connectivity index (χ0) is 13.3. The summed E-state index contributed by atoms with van der Waals surface area (Å²) < 4.78 is 4.55. The highest BCUT2D eigenvalue weighted by Gasteiger charge is 2.11. The summed E-state index contributed by atoms with van der Waals surface area (Å²) in [6.07, 6.45) is 3.03. The number of rotatable bonds is 2. The van der Waals surface area contributed by atoms with E-state index in [1.54, 1.807) is 6.08 Å². The van der Waals surface area contributed by atoms with Crippen LogP contribution in [-0.4, -0.2) is 18.1 Å². The highest BCUT2D eigenvalue weighted by atomic mass is 32.1. The molecule has 0 aliphatic carbocycles. The van der Waals surface area contributed by atoms with E-state index in [0.717, 1.165) is 26.4 Å². The molecule has 0 aromatic carbocycles. The van der Waals surface area contributed by atoms with Gasteiger partial charge >= 0.3 is 5.97 Å². The van der Waals surface area contributed by atoms with Gasteiger partial charge in [0.1, 0.15) is 4.83 Å². The fourth-order valence-electron chi connectivity index (χ4n) is 1.82. The number of anilines is 1. The molecule has 0 aliphatic heterocycles. The van der Waals surface area contributed by atoms with Gasteiger partial charge in [0.25, 0.3) is 0 Å². The number of nitrogens with two attached hydrogens (primary N) is 1. The molecule has 18 heavy (non-hydrogen) atoms. The van der Waals surface area contributed by atoms with Gasteiger partial charge in [-0.1, -0.05) is 0 Å². The Labute approximate surface area is 109 Å². The number of hydrogen-bond acceptors (Lipinski definition) is 5. The van der Waals surface area contributed by atoms with Crippen LogP contribution in [0.25, 0.3) is 16.3 Å². The van der Waals surface area contributed by atoms with Crippen molar-refractivity contribution >= 4 is 39.3 Å². The van der Waals surface area contributed by atoms with Gasteiger partial charge in [-0.05, 0) is 31.6 Å². The average Bonchev–Trinajstić information content (AvgIpc) is 2.62. The summed E-state index contributed by atoms with van der Waals surface area (Å²) in [7, 11) is 1.34. The summed E-state index contributed by atoms with van der Waals surface area (Å²) in [4.78, 5) is 17.3. The predicted molar refractivity (Wildman–Crippen MR) is 74.6 cm³/mol. The van der Waals surface area contributed by atoms with Crippen molar-refractivity contribution in [3.05, 3.63) is 28.3 Å². The molecule has 0 bridgehead atoms. The van der Waals surface area contributed by atoms with Crippen LogP contribution in [0.4, 0.5) is 5.69 Å². The summed E-state index contributed by atoms with van der Waals surface area (Å²) in [6, 6.07) is 2.00. The van der Waals surface area contributed by atoms with Crippen LogP contribution < -0.4 is 5.73 Å². The van der Waals surface area contributed by atoms with Crippen LogP contribution in [-0.2, 0) is 9.53 Å². The maximum atomic E-state index is 11.1. The van der Waals surface area contributed by atoms with Crippen LogP contribution in [0.5, 0.6) is 0 Å². The molecule has 0 unspecified atom stereocenters. The Hall–Kier alpha value is -1.88. The van der Waals surface area contributed by atoms with E-state index in [4.69, 9.17) is 5.73 Å². The number of pyridine rings is 1. The largest absolute Gasteiger partial charge is 0.466 e. The van der Waals surface area contributed by atoms with E-state index in [0.29, 0.717) is 5.69 Å². The zero-order valence-corrected chi connectivity index (χ0v) is 11.3. The van der Waals surface area contributed by atoms with Crippen molar-refractivity contribution in [1.29, 1.82) is 0 Å². The second-order valence-electron chi connectivity index (χ2n) is 4.00. The highest BCUT2D eigenvalue weighted by Crippen LogP contribution is 2.35. The number of carbonyl (C=O) groups excluding carboxylic acids is 1. The number of fused-ring (bicyclic) bond motifs is 1. The van der Waals surface area contributed by atoms with Crippen LogP contribution >= 0.6 is 11.3 Å². The van der Waals surface area contributed by atoms with Crippen LogP contribution in [0.2, 0.25) is 0 Å². The number of thiophene rings is 1. The Morgan fingerprint density at radius 2 is 2.22 bits per heavy atom. The lowest BCUT2D eigenvalue weighted by Crippen LogP contribution is -1.93. The Bertz CT molecular complexity index is 644. The standard InChI is InChI=1S/C13H14N2O2S/c1-7-6-8(2)15-13-11(7)12(14)9(18-13)4-5-10(16)17-3/h4-6H,14H2,1-3H3. The number of nitrogens with zero attached hydrogens (tertiary/aromatic N) is 1. The third kappa shape index (κ3) is 2.22. The monoisotopic (exact) mass is 262 g/mol. The Morgan fingerprint density at radius 1 is 1.50 bits per heavy atom. The first-order valence-electron chi connectivity index (χ1n) is 5.45. The number of aromatic nitrogens is 1.